The molecule has 1 fully saturated rings. The fourth-order valence-corrected chi connectivity index (χ4v) is 3.16. The Kier molecular flexibility index (Phi) is 4.63. The van der Waals surface area contributed by atoms with Crippen molar-refractivity contribution in [2.24, 2.45) is 11.3 Å². The molecule has 4 nitrogen and oxygen atoms in total. The van der Waals surface area contributed by atoms with E-state index in [9.17, 15) is 0 Å². The maximum Gasteiger partial charge on any atom is 0.134 e. The maximum absolute atomic E-state index is 5.89. The Morgan fingerprint density at radius 3 is 2.40 bits per heavy atom. The van der Waals surface area contributed by atoms with E-state index < -0.39 is 0 Å². The molecule has 0 aromatic carbocycles. The molecule has 2 rings (SSSR count). The highest BCUT2D eigenvalue weighted by Gasteiger charge is 2.31. The van der Waals surface area contributed by atoms with Gasteiger partial charge in [0.25, 0.3) is 0 Å². The summed E-state index contributed by atoms with van der Waals surface area (Å²) in [5, 5.41) is 0. The Bertz CT molecular complexity index is 446. The molecule has 0 saturated heterocycles. The minimum Gasteiger partial charge on any atom is -0.384 e. The van der Waals surface area contributed by atoms with E-state index in [1.807, 2.05) is 0 Å². The maximum atomic E-state index is 5.89. The van der Waals surface area contributed by atoms with Gasteiger partial charge < -0.3 is 10.5 Å². The third kappa shape index (κ3) is 3.69. The quantitative estimate of drug-likeness (QED) is 0.918. The van der Waals surface area contributed by atoms with E-state index in [0.717, 1.165) is 30.3 Å². The molecule has 20 heavy (non-hydrogen) atoms. The summed E-state index contributed by atoms with van der Waals surface area (Å²) in [6.45, 7) is 7.51. The smallest absolute Gasteiger partial charge is 0.134 e. The zero-order valence-corrected chi connectivity index (χ0v) is 13.1. The lowest BCUT2D eigenvalue weighted by Crippen LogP contribution is -2.26. The Labute approximate surface area is 122 Å². The van der Waals surface area contributed by atoms with E-state index >= 15 is 0 Å². The summed E-state index contributed by atoms with van der Waals surface area (Å²) in [6.07, 6.45) is 4.84. The standard InChI is InChI=1S/C16H27N3O/c1-16(2,3)12-7-5-11(6-8-12)15-18-13(10-20-4)9-14(17)19-15/h9,11-12H,5-8,10H2,1-4H3,(H2,17,18,19). The summed E-state index contributed by atoms with van der Waals surface area (Å²) in [5.41, 5.74) is 7.17. The van der Waals surface area contributed by atoms with E-state index in [0.29, 0.717) is 23.8 Å². The summed E-state index contributed by atoms with van der Waals surface area (Å²) in [5.74, 6) is 2.72. The molecule has 0 amide bonds. The number of nitrogen functional groups attached to an aromatic ring is 1. The number of anilines is 1. The van der Waals surface area contributed by atoms with Crippen molar-refractivity contribution in [1.29, 1.82) is 0 Å². The molecule has 112 valence electrons. The number of rotatable bonds is 3. The monoisotopic (exact) mass is 277 g/mol. The number of methoxy groups -OCH3 is 1. The van der Waals surface area contributed by atoms with E-state index in [1.165, 1.54) is 12.8 Å². The second-order valence-electron chi connectivity index (χ2n) is 6.99. The third-order valence-corrected chi connectivity index (χ3v) is 4.43. The first-order valence-electron chi connectivity index (χ1n) is 7.52. The second-order valence-corrected chi connectivity index (χ2v) is 6.99. The van der Waals surface area contributed by atoms with Crippen molar-refractivity contribution in [2.75, 3.05) is 12.8 Å². The van der Waals surface area contributed by atoms with E-state index in [1.54, 1.807) is 13.2 Å². The number of nitrogens with zero attached hydrogens (tertiary/aromatic N) is 2. The molecule has 0 unspecified atom stereocenters. The Morgan fingerprint density at radius 2 is 1.85 bits per heavy atom. The number of aromatic nitrogens is 2. The van der Waals surface area contributed by atoms with Gasteiger partial charge >= 0.3 is 0 Å². The molecule has 1 heterocycles. The molecule has 1 saturated carbocycles. The Morgan fingerprint density at radius 1 is 1.20 bits per heavy atom. The van der Waals surface area contributed by atoms with Crippen molar-refractivity contribution in [3.05, 3.63) is 17.6 Å². The fraction of sp³-hybridized carbons (Fsp3) is 0.750. The predicted molar refractivity (Wildman–Crippen MR) is 81.3 cm³/mol. The van der Waals surface area contributed by atoms with E-state index in [2.05, 4.69) is 30.7 Å². The molecule has 0 spiro atoms. The van der Waals surface area contributed by atoms with Crippen LogP contribution in [-0.2, 0) is 11.3 Å². The third-order valence-electron chi connectivity index (χ3n) is 4.43. The topological polar surface area (TPSA) is 61.0 Å². The molecular weight excluding hydrogens is 250 g/mol. The van der Waals surface area contributed by atoms with Crippen LogP contribution in [0, 0.1) is 11.3 Å². The van der Waals surface area contributed by atoms with Crippen molar-refractivity contribution >= 4 is 5.82 Å². The highest BCUT2D eigenvalue weighted by atomic mass is 16.5. The highest BCUT2D eigenvalue weighted by Crippen LogP contribution is 2.42. The van der Waals surface area contributed by atoms with Crippen LogP contribution in [0.25, 0.3) is 0 Å². The van der Waals surface area contributed by atoms with Gasteiger partial charge in [-0.2, -0.15) is 0 Å². The van der Waals surface area contributed by atoms with Gasteiger partial charge in [-0.25, -0.2) is 9.97 Å². The van der Waals surface area contributed by atoms with Crippen molar-refractivity contribution in [1.82, 2.24) is 9.97 Å². The first kappa shape index (κ1) is 15.2. The van der Waals surface area contributed by atoms with Crippen LogP contribution >= 0.6 is 0 Å². The Balaban J connectivity index is 2.07. The number of hydrogen-bond acceptors (Lipinski definition) is 4. The molecular formula is C16H27N3O. The van der Waals surface area contributed by atoms with Crippen LogP contribution in [0.15, 0.2) is 6.07 Å². The highest BCUT2D eigenvalue weighted by molar-refractivity contribution is 5.30. The van der Waals surface area contributed by atoms with Gasteiger partial charge in [0, 0.05) is 19.1 Å². The van der Waals surface area contributed by atoms with Crippen LogP contribution in [-0.4, -0.2) is 17.1 Å². The van der Waals surface area contributed by atoms with Gasteiger partial charge in [0.15, 0.2) is 0 Å². The first-order valence-corrected chi connectivity index (χ1v) is 7.52. The summed E-state index contributed by atoms with van der Waals surface area (Å²) >= 11 is 0. The molecule has 1 aromatic heterocycles. The van der Waals surface area contributed by atoms with Gasteiger partial charge in [-0.3, -0.25) is 0 Å². The fourth-order valence-electron chi connectivity index (χ4n) is 3.16. The van der Waals surface area contributed by atoms with Gasteiger partial charge in [0.1, 0.15) is 11.6 Å². The van der Waals surface area contributed by atoms with Gasteiger partial charge in [0.2, 0.25) is 0 Å². The van der Waals surface area contributed by atoms with Crippen LogP contribution in [0.3, 0.4) is 0 Å². The van der Waals surface area contributed by atoms with Crippen LogP contribution in [0.1, 0.15) is 63.9 Å². The van der Waals surface area contributed by atoms with Gasteiger partial charge in [-0.05, 0) is 37.0 Å². The lowest BCUT2D eigenvalue weighted by molar-refractivity contribution is 0.166. The number of nitrogens with two attached hydrogens (primary N) is 1. The normalized spacial score (nSPS) is 23.8. The van der Waals surface area contributed by atoms with Crippen molar-refractivity contribution in [2.45, 2.75) is 59.0 Å². The molecule has 0 aliphatic heterocycles. The van der Waals surface area contributed by atoms with Crippen molar-refractivity contribution in [3.8, 4) is 0 Å². The molecule has 0 atom stereocenters. The molecule has 4 heteroatoms. The minimum atomic E-state index is 0.406. The molecule has 1 aromatic rings. The first-order chi connectivity index (χ1) is 9.40. The number of ether oxygens (including phenoxy) is 1. The molecule has 2 N–H and O–H groups in total. The zero-order valence-electron chi connectivity index (χ0n) is 13.1. The molecule has 1 aliphatic carbocycles. The van der Waals surface area contributed by atoms with Gasteiger partial charge in [-0.15, -0.1) is 0 Å². The van der Waals surface area contributed by atoms with Crippen LogP contribution in [0.4, 0.5) is 5.82 Å². The second kappa shape index (κ2) is 6.08. The van der Waals surface area contributed by atoms with Gasteiger partial charge in [0.05, 0.1) is 12.3 Å². The largest absolute Gasteiger partial charge is 0.384 e. The van der Waals surface area contributed by atoms with Crippen molar-refractivity contribution in [3.63, 3.8) is 0 Å². The average Bonchev–Trinajstić information content (AvgIpc) is 2.37. The van der Waals surface area contributed by atoms with Crippen molar-refractivity contribution < 1.29 is 4.74 Å². The van der Waals surface area contributed by atoms with Crippen LogP contribution in [0.2, 0.25) is 0 Å². The lowest BCUT2D eigenvalue weighted by atomic mass is 9.69. The van der Waals surface area contributed by atoms with E-state index in [4.69, 9.17) is 10.5 Å². The molecule has 0 bridgehead atoms. The molecule has 0 radical (unpaired) electrons. The zero-order chi connectivity index (χ0) is 14.8. The average molecular weight is 277 g/mol. The van der Waals surface area contributed by atoms with Crippen LogP contribution < -0.4 is 5.73 Å². The summed E-state index contributed by atoms with van der Waals surface area (Å²) in [4.78, 5) is 9.06. The van der Waals surface area contributed by atoms with E-state index in [-0.39, 0.29) is 0 Å². The summed E-state index contributed by atoms with van der Waals surface area (Å²) in [6, 6.07) is 1.80. The Hall–Kier alpha value is -1.16. The predicted octanol–water partition coefficient (Wildman–Crippen LogP) is 3.53. The van der Waals surface area contributed by atoms with Gasteiger partial charge in [-0.1, -0.05) is 20.8 Å². The summed E-state index contributed by atoms with van der Waals surface area (Å²) in [7, 11) is 1.67. The number of hydrogen-bond donors (Lipinski definition) is 1. The van der Waals surface area contributed by atoms with Crippen LogP contribution in [0.5, 0.6) is 0 Å². The molecule has 1 aliphatic rings. The SMILES string of the molecule is COCc1cc(N)nc(C2CCC(C(C)(C)C)CC2)n1. The lowest BCUT2D eigenvalue weighted by Gasteiger charge is -2.36. The summed E-state index contributed by atoms with van der Waals surface area (Å²) < 4.78 is 5.14. The minimum absolute atomic E-state index is 0.406.